The van der Waals surface area contributed by atoms with Crippen LogP contribution in [0, 0.1) is 11.8 Å². The van der Waals surface area contributed by atoms with Crippen LogP contribution in [0.2, 0.25) is 0 Å². The fourth-order valence-corrected chi connectivity index (χ4v) is 8.57. The Hall–Kier alpha value is -5.66. The van der Waals surface area contributed by atoms with E-state index in [0.717, 1.165) is 16.6 Å². The van der Waals surface area contributed by atoms with Crippen molar-refractivity contribution in [1.29, 1.82) is 0 Å². The Kier molecular flexibility index (Phi) is 11.2. The van der Waals surface area contributed by atoms with Crippen LogP contribution in [0.25, 0.3) is 11.0 Å². The average Bonchev–Trinajstić information content (AvgIpc) is 3.97. The van der Waals surface area contributed by atoms with Gasteiger partial charge in [0.15, 0.2) is 0 Å². The highest BCUT2D eigenvalue weighted by molar-refractivity contribution is 5.99. The summed E-state index contributed by atoms with van der Waals surface area (Å²) >= 11 is 0. The first-order valence-electron chi connectivity index (χ1n) is 18.7. The number of fused-ring (bicyclic) bond motifs is 2. The zero-order valence-electron chi connectivity index (χ0n) is 30.6. The quantitative estimate of drug-likeness (QED) is 0.121. The smallest absolute Gasteiger partial charge is 0.306 e. The van der Waals surface area contributed by atoms with Crippen molar-refractivity contribution in [3.05, 3.63) is 121 Å². The summed E-state index contributed by atoms with van der Waals surface area (Å²) in [5.41, 5.74) is 1.66. The number of aliphatic hydroxyl groups is 1. The highest BCUT2D eigenvalue weighted by atomic mass is 16.5. The molecular weight excluding hydrogens is 700 g/mol. The van der Waals surface area contributed by atoms with Crippen molar-refractivity contribution in [3.8, 4) is 0 Å². The molecule has 4 heterocycles. The van der Waals surface area contributed by atoms with Crippen molar-refractivity contribution in [2.45, 2.75) is 68.6 Å². The van der Waals surface area contributed by atoms with Crippen LogP contribution in [-0.2, 0) is 41.7 Å². The Morgan fingerprint density at radius 3 is 2.49 bits per heavy atom. The number of hydrogen-bond donors (Lipinski definition) is 2. The van der Waals surface area contributed by atoms with Gasteiger partial charge in [0, 0.05) is 13.0 Å². The van der Waals surface area contributed by atoms with Gasteiger partial charge in [-0.1, -0.05) is 90.2 Å². The third kappa shape index (κ3) is 7.29. The maximum absolute atomic E-state index is 15.1. The number of hydrogen-bond acceptors (Lipinski definition) is 9. The number of nitrogens with one attached hydrogen (secondary N) is 1. The van der Waals surface area contributed by atoms with E-state index >= 15 is 4.79 Å². The fraction of sp³-hybridized carbons (Fsp3) is 0.381. The maximum atomic E-state index is 15.1. The summed E-state index contributed by atoms with van der Waals surface area (Å²) in [5.74, 6) is -3.63. The van der Waals surface area contributed by atoms with Gasteiger partial charge in [0.1, 0.15) is 30.4 Å². The van der Waals surface area contributed by atoms with E-state index in [-0.39, 0.29) is 32.7 Å². The van der Waals surface area contributed by atoms with Gasteiger partial charge in [-0.15, -0.1) is 18.3 Å². The van der Waals surface area contributed by atoms with Crippen molar-refractivity contribution in [2.24, 2.45) is 11.8 Å². The molecule has 0 aliphatic carbocycles. The Bertz CT molecular complexity index is 2040. The molecule has 3 fully saturated rings. The molecule has 3 aromatic carbocycles. The molecule has 2 N–H and O–H groups in total. The van der Waals surface area contributed by atoms with Crippen LogP contribution in [0.4, 0.5) is 0 Å². The summed E-state index contributed by atoms with van der Waals surface area (Å²) in [6.07, 6.45) is 4.32. The number of amides is 3. The van der Waals surface area contributed by atoms with Gasteiger partial charge in [-0.05, 0) is 48.9 Å². The molecule has 286 valence electrons. The largest absolute Gasteiger partial charge is 0.463 e. The number of likely N-dealkylation sites (tertiary alicyclic amines) is 1. The van der Waals surface area contributed by atoms with Crippen molar-refractivity contribution < 1.29 is 33.8 Å². The number of aliphatic hydroxyl groups excluding tert-OH is 1. The molecule has 0 unspecified atom stereocenters. The van der Waals surface area contributed by atoms with E-state index in [1.165, 1.54) is 4.90 Å². The molecule has 3 amide bonds. The summed E-state index contributed by atoms with van der Waals surface area (Å²) in [5, 5.41) is 22.5. The van der Waals surface area contributed by atoms with Gasteiger partial charge in [-0.25, -0.2) is 4.68 Å². The van der Waals surface area contributed by atoms with E-state index in [4.69, 9.17) is 9.47 Å². The van der Waals surface area contributed by atoms with Gasteiger partial charge in [0.05, 0.1) is 42.1 Å². The third-order valence-electron chi connectivity index (χ3n) is 11.1. The molecule has 3 saturated heterocycles. The number of nitrogens with zero attached hydrogens (tertiary/aromatic N) is 5. The number of carbonyl (C=O) groups is 4. The number of allylic oxidation sites excluding steroid dienone is 1. The van der Waals surface area contributed by atoms with Gasteiger partial charge < -0.3 is 29.7 Å². The highest BCUT2D eigenvalue weighted by Crippen LogP contribution is 2.59. The summed E-state index contributed by atoms with van der Waals surface area (Å²) in [6, 6.07) is 23.4. The maximum Gasteiger partial charge on any atom is 0.306 e. The second-order valence-electron chi connectivity index (χ2n) is 14.4. The Morgan fingerprint density at radius 2 is 1.76 bits per heavy atom. The zero-order valence-corrected chi connectivity index (χ0v) is 30.6. The van der Waals surface area contributed by atoms with Crippen molar-refractivity contribution >= 4 is 34.7 Å². The van der Waals surface area contributed by atoms with E-state index in [2.05, 4.69) is 28.8 Å². The molecule has 0 saturated carbocycles. The molecule has 1 aromatic heterocycles. The monoisotopic (exact) mass is 746 g/mol. The first kappa shape index (κ1) is 37.6. The van der Waals surface area contributed by atoms with Crippen LogP contribution in [0.5, 0.6) is 0 Å². The Morgan fingerprint density at radius 1 is 1.04 bits per heavy atom. The van der Waals surface area contributed by atoms with Crippen molar-refractivity contribution in [3.63, 3.8) is 0 Å². The molecule has 1 spiro atoms. The van der Waals surface area contributed by atoms with Crippen LogP contribution in [0.3, 0.4) is 0 Å². The lowest BCUT2D eigenvalue weighted by Crippen LogP contribution is -2.59. The first-order valence-corrected chi connectivity index (χ1v) is 18.7. The SMILES string of the molecule is C=CCCC(=O)OC[C@H](NC(=O)[C@@H]1[C@@H]2CC[C@]3(O2)[C@H](C(=O)N(CC=C)Cn2nnc4ccccc42)N([C@@H](CO)Cc2ccccc2)C(=O)[C@@H]13)c1ccccc1. The van der Waals surface area contributed by atoms with E-state index in [0.29, 0.717) is 24.8 Å². The molecule has 7 atom stereocenters. The molecule has 2 bridgehead atoms. The predicted molar refractivity (Wildman–Crippen MR) is 203 cm³/mol. The lowest BCUT2D eigenvalue weighted by molar-refractivity contribution is -0.152. The normalized spacial score (nSPS) is 23.6. The molecule has 55 heavy (non-hydrogen) atoms. The van der Waals surface area contributed by atoms with Crippen molar-refractivity contribution in [1.82, 2.24) is 30.1 Å². The lowest BCUT2D eigenvalue weighted by Gasteiger charge is -2.39. The van der Waals surface area contributed by atoms with Crippen LogP contribution < -0.4 is 5.32 Å². The van der Waals surface area contributed by atoms with E-state index in [9.17, 15) is 19.5 Å². The summed E-state index contributed by atoms with van der Waals surface area (Å²) in [7, 11) is 0. The molecule has 4 aromatic rings. The standard InChI is InChI=1S/C42H46N6O7/c1-3-5-20-35(50)54-26-32(29-16-10-7-11-17-29)43-39(51)36-34-21-22-42(55-34)37(36)40(52)48(30(25-49)24-28-14-8-6-9-15-28)38(42)41(53)46(23-4-2)27-47-33-19-13-12-18-31(33)44-45-47/h3-4,6-19,30,32,34,36-38,49H,1-2,5,20-27H2,(H,43,51)/t30-,32+,34+,36-,37-,38+,42-/m1/s1. The fourth-order valence-electron chi connectivity index (χ4n) is 8.57. The summed E-state index contributed by atoms with van der Waals surface area (Å²) in [4.78, 5) is 60.1. The number of para-hydroxylation sites is 1. The van der Waals surface area contributed by atoms with Crippen LogP contribution in [0.15, 0.2) is 110 Å². The average molecular weight is 747 g/mol. The number of esters is 1. The molecule has 7 rings (SSSR count). The molecule has 0 radical (unpaired) electrons. The van der Waals surface area contributed by atoms with Gasteiger partial charge in [0.2, 0.25) is 17.7 Å². The van der Waals surface area contributed by atoms with Gasteiger partial charge in [-0.3, -0.25) is 19.2 Å². The number of ether oxygens (including phenoxy) is 2. The topological polar surface area (TPSA) is 156 Å². The number of carbonyl (C=O) groups excluding carboxylic acids is 4. The molecular formula is C42H46N6O7. The first-order chi connectivity index (χ1) is 26.8. The molecule has 3 aliphatic rings. The van der Waals surface area contributed by atoms with E-state index in [1.807, 2.05) is 84.9 Å². The molecule has 13 heteroatoms. The van der Waals surface area contributed by atoms with Crippen LogP contribution in [-0.4, -0.2) is 97.1 Å². The van der Waals surface area contributed by atoms with Gasteiger partial charge in [0.25, 0.3) is 0 Å². The highest BCUT2D eigenvalue weighted by Gasteiger charge is 2.75. The minimum atomic E-state index is -1.34. The minimum Gasteiger partial charge on any atom is -0.463 e. The Balaban J connectivity index is 1.23. The zero-order chi connectivity index (χ0) is 38.5. The Labute approximate surface area is 319 Å². The van der Waals surface area contributed by atoms with Crippen LogP contribution >= 0.6 is 0 Å². The number of benzene rings is 3. The van der Waals surface area contributed by atoms with Crippen LogP contribution in [0.1, 0.15) is 42.9 Å². The lowest BCUT2D eigenvalue weighted by atomic mass is 9.70. The van der Waals surface area contributed by atoms with E-state index in [1.54, 1.807) is 21.7 Å². The molecule has 3 aliphatic heterocycles. The summed E-state index contributed by atoms with van der Waals surface area (Å²) in [6.45, 7) is 7.18. The van der Waals surface area contributed by atoms with Gasteiger partial charge >= 0.3 is 5.97 Å². The second-order valence-corrected chi connectivity index (χ2v) is 14.4. The van der Waals surface area contributed by atoms with Gasteiger partial charge in [-0.2, -0.15) is 0 Å². The number of rotatable bonds is 17. The predicted octanol–water partition coefficient (Wildman–Crippen LogP) is 3.75. The summed E-state index contributed by atoms with van der Waals surface area (Å²) < 4.78 is 13.9. The number of aromatic nitrogens is 3. The van der Waals surface area contributed by atoms with Crippen molar-refractivity contribution in [2.75, 3.05) is 19.8 Å². The third-order valence-corrected chi connectivity index (χ3v) is 11.1. The second kappa shape index (κ2) is 16.4. The van der Waals surface area contributed by atoms with E-state index < -0.39 is 72.0 Å². The minimum absolute atomic E-state index is 0.0186. The molecule has 13 nitrogen and oxygen atoms in total.